The first kappa shape index (κ1) is 13.8. The van der Waals surface area contributed by atoms with Crippen LogP contribution in [0.2, 0.25) is 0 Å². The van der Waals surface area contributed by atoms with Gasteiger partial charge < -0.3 is 13.6 Å². The van der Waals surface area contributed by atoms with Gasteiger partial charge in [-0.15, -0.1) is 5.10 Å². The second-order valence-corrected chi connectivity index (χ2v) is 5.42. The van der Waals surface area contributed by atoms with E-state index in [1.54, 1.807) is 23.1 Å². The smallest absolute Gasteiger partial charge is 0.261 e. The molecule has 5 aromatic rings. The van der Waals surface area contributed by atoms with Gasteiger partial charge in [0.25, 0.3) is 5.88 Å². The zero-order valence-corrected chi connectivity index (χ0v) is 13.0. The normalized spacial score (nSPS) is 11.4. The summed E-state index contributed by atoms with van der Waals surface area (Å²) in [6, 6.07) is 15.0. The first-order chi connectivity index (χ1) is 12.4. The lowest BCUT2D eigenvalue weighted by molar-refractivity contribution is 0.263. The largest absolute Gasteiger partial charge is 0.467 e. The average molecular weight is 332 g/mol. The van der Waals surface area contributed by atoms with Crippen molar-refractivity contribution < 1.29 is 13.6 Å². The van der Waals surface area contributed by atoms with Crippen LogP contribution >= 0.6 is 0 Å². The van der Waals surface area contributed by atoms with E-state index in [9.17, 15) is 0 Å². The third kappa shape index (κ3) is 2.33. The molecule has 0 atom stereocenters. The molecule has 0 spiro atoms. The van der Waals surface area contributed by atoms with E-state index in [1.807, 2.05) is 42.5 Å². The van der Waals surface area contributed by atoms with E-state index in [0.29, 0.717) is 28.9 Å². The van der Waals surface area contributed by atoms with Gasteiger partial charge in [0.1, 0.15) is 12.4 Å². The van der Waals surface area contributed by atoms with E-state index in [1.165, 1.54) is 0 Å². The molecule has 1 aromatic carbocycles. The summed E-state index contributed by atoms with van der Waals surface area (Å²) in [5.41, 5.74) is 2.13. The fourth-order valence-electron chi connectivity index (χ4n) is 2.66. The quantitative estimate of drug-likeness (QED) is 0.499. The average Bonchev–Trinajstić information content (AvgIpc) is 3.40. The van der Waals surface area contributed by atoms with E-state index in [0.717, 1.165) is 11.0 Å². The van der Waals surface area contributed by atoms with Gasteiger partial charge in [0.15, 0.2) is 5.76 Å². The van der Waals surface area contributed by atoms with E-state index in [4.69, 9.17) is 13.6 Å². The highest BCUT2D eigenvalue weighted by molar-refractivity contribution is 5.79. The standard InChI is InChI=1S/C18H12N4O3/c1-2-7-14-13(6-1)19-18(25-11-12-5-3-9-23-12)17-20-16(21-22(14)17)15-8-4-10-24-15/h1-10H,11H2. The number of para-hydroxylation sites is 2. The summed E-state index contributed by atoms with van der Waals surface area (Å²) in [5.74, 6) is 2.16. The van der Waals surface area contributed by atoms with Gasteiger partial charge in [0.05, 0.1) is 23.6 Å². The molecule has 0 saturated carbocycles. The lowest BCUT2D eigenvalue weighted by Crippen LogP contribution is -2.01. The molecule has 0 aliphatic heterocycles. The van der Waals surface area contributed by atoms with Crippen molar-refractivity contribution in [1.82, 2.24) is 19.6 Å². The Morgan fingerprint density at radius 1 is 0.920 bits per heavy atom. The van der Waals surface area contributed by atoms with Crippen molar-refractivity contribution in [3.63, 3.8) is 0 Å². The predicted octanol–water partition coefficient (Wildman–Crippen LogP) is 3.71. The van der Waals surface area contributed by atoms with Gasteiger partial charge in [0.2, 0.25) is 11.5 Å². The Kier molecular flexibility index (Phi) is 3.03. The fraction of sp³-hybridized carbons (Fsp3) is 0.0556. The van der Waals surface area contributed by atoms with Crippen molar-refractivity contribution in [2.24, 2.45) is 0 Å². The van der Waals surface area contributed by atoms with Gasteiger partial charge >= 0.3 is 0 Å². The molecule has 5 rings (SSSR count). The van der Waals surface area contributed by atoms with Gasteiger partial charge in [-0.2, -0.15) is 4.98 Å². The second kappa shape index (κ2) is 5.48. The number of rotatable bonds is 4. The van der Waals surface area contributed by atoms with Gasteiger partial charge in [-0.3, -0.25) is 0 Å². The Bertz CT molecular complexity index is 1140. The Labute approximate surface area is 141 Å². The van der Waals surface area contributed by atoms with Crippen molar-refractivity contribution in [3.8, 4) is 17.5 Å². The molecule has 0 unspecified atom stereocenters. The van der Waals surface area contributed by atoms with E-state index in [-0.39, 0.29) is 6.61 Å². The molecule has 0 bridgehead atoms. The molecule has 25 heavy (non-hydrogen) atoms. The summed E-state index contributed by atoms with van der Waals surface area (Å²) >= 11 is 0. The Balaban J connectivity index is 1.68. The number of aromatic nitrogens is 4. The number of hydrogen-bond donors (Lipinski definition) is 0. The Morgan fingerprint density at radius 2 is 1.80 bits per heavy atom. The molecule has 122 valence electrons. The van der Waals surface area contributed by atoms with E-state index < -0.39 is 0 Å². The van der Waals surface area contributed by atoms with Crippen LogP contribution in [-0.4, -0.2) is 19.6 Å². The molecule has 4 heterocycles. The minimum atomic E-state index is 0.261. The van der Waals surface area contributed by atoms with Crippen LogP contribution in [0.4, 0.5) is 0 Å². The lowest BCUT2D eigenvalue weighted by Gasteiger charge is -2.06. The first-order valence-electron chi connectivity index (χ1n) is 7.73. The summed E-state index contributed by atoms with van der Waals surface area (Å²) in [7, 11) is 0. The molecular weight excluding hydrogens is 320 g/mol. The second-order valence-electron chi connectivity index (χ2n) is 5.42. The fourth-order valence-corrected chi connectivity index (χ4v) is 2.66. The van der Waals surface area contributed by atoms with Crippen LogP contribution in [0, 0.1) is 0 Å². The maximum Gasteiger partial charge on any atom is 0.261 e. The maximum absolute atomic E-state index is 5.84. The van der Waals surface area contributed by atoms with Gasteiger partial charge in [-0.25, -0.2) is 9.50 Å². The van der Waals surface area contributed by atoms with Crippen LogP contribution < -0.4 is 4.74 Å². The van der Waals surface area contributed by atoms with Crippen LogP contribution in [-0.2, 0) is 6.61 Å². The van der Waals surface area contributed by atoms with Crippen LogP contribution in [0.1, 0.15) is 5.76 Å². The SMILES string of the molecule is c1coc(COc2nc3ccccc3n3nc(-c4ccco4)nc23)c1. The lowest BCUT2D eigenvalue weighted by atomic mass is 10.3. The molecule has 0 amide bonds. The summed E-state index contributed by atoms with van der Waals surface area (Å²) in [6.45, 7) is 0.261. The minimum absolute atomic E-state index is 0.261. The number of furan rings is 2. The summed E-state index contributed by atoms with van der Waals surface area (Å²) < 4.78 is 18.3. The number of fused-ring (bicyclic) bond motifs is 3. The number of ether oxygens (including phenoxy) is 1. The summed E-state index contributed by atoms with van der Waals surface area (Å²) in [4.78, 5) is 9.12. The molecule has 4 aromatic heterocycles. The number of hydrogen-bond acceptors (Lipinski definition) is 6. The molecule has 0 aliphatic rings. The number of benzene rings is 1. The first-order valence-corrected chi connectivity index (χ1v) is 7.73. The van der Waals surface area contributed by atoms with Gasteiger partial charge in [0, 0.05) is 0 Å². The molecule has 0 aliphatic carbocycles. The molecule has 7 nitrogen and oxygen atoms in total. The summed E-state index contributed by atoms with van der Waals surface area (Å²) in [5, 5.41) is 4.56. The van der Waals surface area contributed by atoms with Crippen LogP contribution in [0.25, 0.3) is 28.3 Å². The number of nitrogens with zero attached hydrogens (tertiary/aromatic N) is 4. The highest BCUT2D eigenvalue weighted by Gasteiger charge is 2.17. The van der Waals surface area contributed by atoms with Crippen molar-refractivity contribution >= 4 is 16.7 Å². The van der Waals surface area contributed by atoms with Gasteiger partial charge in [-0.1, -0.05) is 12.1 Å². The van der Waals surface area contributed by atoms with Crippen LogP contribution in [0.5, 0.6) is 5.88 Å². The zero-order chi connectivity index (χ0) is 16.6. The molecule has 0 saturated heterocycles. The molecular formula is C18H12N4O3. The third-order valence-electron chi connectivity index (χ3n) is 3.80. The Morgan fingerprint density at radius 3 is 2.64 bits per heavy atom. The van der Waals surface area contributed by atoms with Crippen molar-refractivity contribution in [2.75, 3.05) is 0 Å². The van der Waals surface area contributed by atoms with Gasteiger partial charge in [-0.05, 0) is 36.4 Å². The van der Waals surface area contributed by atoms with Crippen molar-refractivity contribution in [3.05, 3.63) is 66.8 Å². The van der Waals surface area contributed by atoms with Crippen molar-refractivity contribution in [1.29, 1.82) is 0 Å². The highest BCUT2D eigenvalue weighted by Crippen LogP contribution is 2.26. The Hall–Kier alpha value is -3.61. The topological polar surface area (TPSA) is 78.6 Å². The minimum Gasteiger partial charge on any atom is -0.467 e. The predicted molar refractivity (Wildman–Crippen MR) is 89.0 cm³/mol. The maximum atomic E-state index is 5.84. The van der Waals surface area contributed by atoms with Crippen LogP contribution in [0.15, 0.2) is 69.9 Å². The zero-order valence-electron chi connectivity index (χ0n) is 13.0. The monoisotopic (exact) mass is 332 g/mol. The summed E-state index contributed by atoms with van der Waals surface area (Å²) in [6.07, 6.45) is 3.19. The van der Waals surface area contributed by atoms with Crippen LogP contribution in [0.3, 0.4) is 0 Å². The molecule has 0 N–H and O–H groups in total. The molecule has 0 radical (unpaired) electrons. The van der Waals surface area contributed by atoms with Crippen molar-refractivity contribution in [2.45, 2.75) is 6.61 Å². The molecule has 7 heteroatoms. The van der Waals surface area contributed by atoms with E-state index in [2.05, 4.69) is 15.1 Å². The highest BCUT2D eigenvalue weighted by atomic mass is 16.5. The third-order valence-corrected chi connectivity index (χ3v) is 3.80. The van der Waals surface area contributed by atoms with E-state index >= 15 is 0 Å². The molecule has 0 fully saturated rings.